The Kier molecular flexibility index (Phi) is 8.91. The molecule has 0 heterocycles. The third-order valence-electron chi connectivity index (χ3n) is 5.97. The van der Waals surface area contributed by atoms with Crippen LogP contribution in [0.15, 0.2) is 66.7 Å². The second-order valence-electron chi connectivity index (χ2n) is 8.38. The molecule has 3 aromatic rings. The second-order valence-corrected chi connectivity index (χ2v) is 8.38. The summed E-state index contributed by atoms with van der Waals surface area (Å²) in [6.07, 6.45) is 1.31. The summed E-state index contributed by atoms with van der Waals surface area (Å²) in [6.45, 7) is 6.01. The lowest BCUT2D eigenvalue weighted by Gasteiger charge is -2.31. The highest BCUT2D eigenvalue weighted by Gasteiger charge is 2.29. The molecule has 0 saturated heterocycles. The molecule has 0 radical (unpaired) electrons. The highest BCUT2D eigenvalue weighted by molar-refractivity contribution is 5.90. The first-order valence-corrected chi connectivity index (χ1v) is 11.8. The summed E-state index contributed by atoms with van der Waals surface area (Å²) in [7, 11) is 1.61. The Balaban J connectivity index is 1.84. The average Bonchev–Trinajstić information content (AvgIpc) is 2.87. The largest absolute Gasteiger partial charge is 0.497 e. The van der Waals surface area contributed by atoms with Crippen LogP contribution in [0.5, 0.6) is 11.5 Å². The van der Waals surface area contributed by atoms with Gasteiger partial charge in [-0.05, 0) is 48.9 Å². The van der Waals surface area contributed by atoms with E-state index in [0.717, 1.165) is 22.8 Å². The number of ether oxygens (including phenoxy) is 2. The molecule has 180 valence electrons. The fourth-order valence-electron chi connectivity index (χ4n) is 3.87. The summed E-state index contributed by atoms with van der Waals surface area (Å²) in [5, 5.41) is 5.01. The van der Waals surface area contributed by atoms with Crippen molar-refractivity contribution in [2.45, 2.75) is 52.2 Å². The van der Waals surface area contributed by atoms with Crippen LogP contribution < -0.4 is 14.8 Å². The van der Waals surface area contributed by atoms with Gasteiger partial charge in [0.15, 0.2) is 6.61 Å². The van der Waals surface area contributed by atoms with Crippen LogP contribution in [0.2, 0.25) is 0 Å². The Labute approximate surface area is 201 Å². The summed E-state index contributed by atoms with van der Waals surface area (Å²) in [5.74, 6) is 0.944. The highest BCUT2D eigenvalue weighted by atomic mass is 16.5. The van der Waals surface area contributed by atoms with Crippen molar-refractivity contribution in [1.82, 2.24) is 10.2 Å². The Morgan fingerprint density at radius 2 is 1.71 bits per heavy atom. The van der Waals surface area contributed by atoms with Crippen LogP contribution in [0.3, 0.4) is 0 Å². The fourth-order valence-corrected chi connectivity index (χ4v) is 3.87. The van der Waals surface area contributed by atoms with E-state index in [4.69, 9.17) is 9.47 Å². The summed E-state index contributed by atoms with van der Waals surface area (Å²) in [6, 6.07) is 20.6. The predicted molar refractivity (Wildman–Crippen MR) is 135 cm³/mol. The van der Waals surface area contributed by atoms with E-state index < -0.39 is 6.04 Å². The van der Waals surface area contributed by atoms with Crippen LogP contribution in [0, 0.1) is 0 Å². The molecular formula is C28H34N2O4. The number of amides is 2. The van der Waals surface area contributed by atoms with Crippen LogP contribution >= 0.6 is 0 Å². The third kappa shape index (κ3) is 6.28. The van der Waals surface area contributed by atoms with Gasteiger partial charge in [-0.15, -0.1) is 0 Å². The molecule has 1 N–H and O–H groups in total. The van der Waals surface area contributed by atoms with Gasteiger partial charge in [0.05, 0.1) is 7.11 Å². The number of carbonyl (C=O) groups is 2. The van der Waals surface area contributed by atoms with Crippen molar-refractivity contribution >= 4 is 22.6 Å². The molecule has 6 heteroatoms. The van der Waals surface area contributed by atoms with Gasteiger partial charge >= 0.3 is 0 Å². The number of hydrogen-bond acceptors (Lipinski definition) is 4. The van der Waals surface area contributed by atoms with Crippen molar-refractivity contribution in [2.75, 3.05) is 13.7 Å². The first kappa shape index (κ1) is 25.1. The van der Waals surface area contributed by atoms with Crippen LogP contribution in [0.4, 0.5) is 0 Å². The van der Waals surface area contributed by atoms with Crippen LogP contribution in [0.1, 0.15) is 39.2 Å². The Morgan fingerprint density at radius 1 is 0.971 bits per heavy atom. The normalized spacial score (nSPS) is 12.6. The van der Waals surface area contributed by atoms with Crippen molar-refractivity contribution in [3.63, 3.8) is 0 Å². The lowest BCUT2D eigenvalue weighted by atomic mass is 10.1. The Bertz CT molecular complexity index is 1110. The topological polar surface area (TPSA) is 67.9 Å². The number of carbonyl (C=O) groups excluding carboxylic acids is 2. The minimum Gasteiger partial charge on any atom is -0.497 e. The maximum absolute atomic E-state index is 13.5. The zero-order chi connectivity index (χ0) is 24.5. The molecule has 0 bridgehead atoms. The van der Waals surface area contributed by atoms with Gasteiger partial charge in [-0.1, -0.05) is 62.4 Å². The zero-order valence-electron chi connectivity index (χ0n) is 20.4. The number of hydrogen-bond donors (Lipinski definition) is 1. The number of nitrogens with zero attached hydrogens (tertiary/aromatic N) is 1. The van der Waals surface area contributed by atoms with E-state index in [-0.39, 0.29) is 31.0 Å². The predicted octanol–water partition coefficient (Wildman–Crippen LogP) is 4.95. The molecule has 2 amide bonds. The lowest BCUT2D eigenvalue weighted by molar-refractivity contribution is -0.143. The van der Waals surface area contributed by atoms with Gasteiger partial charge in [-0.25, -0.2) is 0 Å². The Hall–Kier alpha value is -3.54. The minimum atomic E-state index is -0.608. The van der Waals surface area contributed by atoms with Gasteiger partial charge in [0.2, 0.25) is 5.91 Å². The highest BCUT2D eigenvalue weighted by Crippen LogP contribution is 2.25. The van der Waals surface area contributed by atoms with E-state index in [2.05, 4.69) is 5.32 Å². The summed E-state index contributed by atoms with van der Waals surface area (Å²) in [4.78, 5) is 28.2. The van der Waals surface area contributed by atoms with Crippen LogP contribution in [-0.4, -0.2) is 42.5 Å². The van der Waals surface area contributed by atoms with Crippen LogP contribution in [0.25, 0.3) is 10.8 Å². The van der Waals surface area contributed by atoms with E-state index in [9.17, 15) is 9.59 Å². The smallest absolute Gasteiger partial charge is 0.261 e. The van der Waals surface area contributed by atoms with Gasteiger partial charge in [0.1, 0.15) is 17.5 Å². The molecule has 3 rings (SSSR count). The monoisotopic (exact) mass is 462 g/mol. The van der Waals surface area contributed by atoms with Crippen molar-refractivity contribution < 1.29 is 19.1 Å². The summed E-state index contributed by atoms with van der Waals surface area (Å²) >= 11 is 0. The van der Waals surface area contributed by atoms with Gasteiger partial charge in [-0.3, -0.25) is 9.59 Å². The number of benzene rings is 3. The molecule has 0 aliphatic rings. The molecule has 3 aromatic carbocycles. The molecule has 0 saturated carbocycles. The summed E-state index contributed by atoms with van der Waals surface area (Å²) in [5.41, 5.74) is 0.882. The van der Waals surface area contributed by atoms with Gasteiger partial charge in [-0.2, -0.15) is 0 Å². The lowest BCUT2D eigenvalue weighted by Crippen LogP contribution is -2.51. The second kappa shape index (κ2) is 12.1. The van der Waals surface area contributed by atoms with Crippen molar-refractivity contribution in [3.8, 4) is 11.5 Å². The zero-order valence-corrected chi connectivity index (χ0v) is 20.4. The molecule has 2 atom stereocenters. The molecule has 0 aliphatic carbocycles. The van der Waals surface area contributed by atoms with E-state index in [1.54, 1.807) is 12.0 Å². The van der Waals surface area contributed by atoms with Crippen LogP contribution in [-0.2, 0) is 16.1 Å². The van der Waals surface area contributed by atoms with E-state index >= 15 is 0 Å². The molecular weight excluding hydrogens is 428 g/mol. The molecule has 0 aromatic heterocycles. The van der Waals surface area contributed by atoms with E-state index in [0.29, 0.717) is 17.9 Å². The number of rotatable bonds is 11. The maximum atomic E-state index is 13.5. The van der Waals surface area contributed by atoms with Crippen molar-refractivity contribution in [1.29, 1.82) is 0 Å². The quantitative estimate of drug-likeness (QED) is 0.438. The first-order chi connectivity index (χ1) is 16.5. The van der Waals surface area contributed by atoms with Crippen molar-refractivity contribution in [3.05, 3.63) is 72.3 Å². The Morgan fingerprint density at radius 3 is 2.44 bits per heavy atom. The SMILES string of the molecule is CC[C@@H](C)NC(=O)[C@@H](CC)N(Cc1cccc(OC)c1)C(=O)COc1cccc2ccccc12. The molecule has 0 aliphatic heterocycles. The minimum absolute atomic E-state index is 0.0299. The molecule has 34 heavy (non-hydrogen) atoms. The summed E-state index contributed by atoms with van der Waals surface area (Å²) < 4.78 is 11.3. The van der Waals surface area contributed by atoms with Gasteiger partial charge in [0, 0.05) is 18.0 Å². The molecule has 6 nitrogen and oxygen atoms in total. The van der Waals surface area contributed by atoms with Gasteiger partial charge < -0.3 is 19.7 Å². The average molecular weight is 463 g/mol. The molecule has 0 unspecified atom stereocenters. The molecule has 0 spiro atoms. The third-order valence-corrected chi connectivity index (χ3v) is 5.97. The maximum Gasteiger partial charge on any atom is 0.261 e. The number of methoxy groups -OCH3 is 1. The van der Waals surface area contributed by atoms with Gasteiger partial charge in [0.25, 0.3) is 5.91 Å². The van der Waals surface area contributed by atoms with Crippen molar-refractivity contribution in [2.24, 2.45) is 0 Å². The van der Waals surface area contributed by atoms with E-state index in [1.807, 2.05) is 87.5 Å². The van der Waals surface area contributed by atoms with E-state index in [1.165, 1.54) is 0 Å². The first-order valence-electron chi connectivity index (χ1n) is 11.8. The molecule has 0 fully saturated rings. The number of nitrogens with one attached hydrogen (secondary N) is 1. The number of fused-ring (bicyclic) bond motifs is 1. The standard InChI is InChI=1S/C28H34N2O4/c1-5-20(3)29-28(32)25(6-2)30(18-21-11-9-14-23(17-21)33-4)27(31)19-34-26-16-10-13-22-12-7-8-15-24(22)26/h7-17,20,25H,5-6,18-19H2,1-4H3,(H,29,32)/t20-,25-/m1/s1. The fraction of sp³-hybridized carbons (Fsp3) is 0.357.